The second kappa shape index (κ2) is 9.03. The van der Waals surface area contributed by atoms with E-state index in [1.165, 1.54) is 6.42 Å². The molecule has 1 fully saturated rings. The summed E-state index contributed by atoms with van der Waals surface area (Å²) in [7, 11) is 0. The molecule has 0 saturated heterocycles. The van der Waals surface area contributed by atoms with Crippen molar-refractivity contribution >= 4 is 11.9 Å². The van der Waals surface area contributed by atoms with Gasteiger partial charge in [0.2, 0.25) is 5.91 Å². The van der Waals surface area contributed by atoms with E-state index < -0.39 is 12.0 Å². The predicted octanol–water partition coefficient (Wildman–Crippen LogP) is 2.15. The van der Waals surface area contributed by atoms with Gasteiger partial charge in [0.15, 0.2) is 0 Å². The van der Waals surface area contributed by atoms with Gasteiger partial charge in [-0.15, -0.1) is 0 Å². The fourth-order valence-corrected chi connectivity index (χ4v) is 3.27. The molecule has 0 heterocycles. The van der Waals surface area contributed by atoms with Crippen molar-refractivity contribution in [2.45, 2.75) is 64.8 Å². The Balaban J connectivity index is 2.53. The summed E-state index contributed by atoms with van der Waals surface area (Å²) in [4.78, 5) is 23.5. The topological polar surface area (TPSA) is 92.4 Å². The van der Waals surface area contributed by atoms with Crippen molar-refractivity contribution in [1.82, 2.24) is 5.32 Å². The Hall–Kier alpha value is -1.10. The van der Waals surface area contributed by atoms with Gasteiger partial charge >= 0.3 is 5.97 Å². The second-order valence-electron chi connectivity index (χ2n) is 6.72. The van der Waals surface area contributed by atoms with E-state index in [-0.39, 0.29) is 17.7 Å². The van der Waals surface area contributed by atoms with Crippen molar-refractivity contribution in [2.24, 2.45) is 23.5 Å². The molecule has 5 heteroatoms. The Labute approximate surface area is 127 Å². The minimum absolute atomic E-state index is 0.0709. The summed E-state index contributed by atoms with van der Waals surface area (Å²) in [6, 6.07) is -0.740. The van der Waals surface area contributed by atoms with Crippen LogP contribution in [0.5, 0.6) is 0 Å². The van der Waals surface area contributed by atoms with E-state index >= 15 is 0 Å². The third-order valence-corrected chi connectivity index (χ3v) is 4.32. The second-order valence-corrected chi connectivity index (χ2v) is 6.72. The summed E-state index contributed by atoms with van der Waals surface area (Å²) in [6.07, 6.45) is 6.29. The van der Waals surface area contributed by atoms with Crippen LogP contribution in [0.4, 0.5) is 0 Å². The molecule has 0 aromatic carbocycles. The fourth-order valence-electron chi connectivity index (χ4n) is 3.27. The lowest BCUT2D eigenvalue weighted by atomic mass is 9.83. The summed E-state index contributed by atoms with van der Waals surface area (Å²) >= 11 is 0. The van der Waals surface area contributed by atoms with Gasteiger partial charge in [-0.1, -0.05) is 33.1 Å². The van der Waals surface area contributed by atoms with Crippen molar-refractivity contribution in [3.63, 3.8) is 0 Å². The Morgan fingerprint density at radius 1 is 1.24 bits per heavy atom. The molecule has 4 N–H and O–H groups in total. The van der Waals surface area contributed by atoms with Crippen molar-refractivity contribution in [3.05, 3.63) is 0 Å². The number of carboxylic acid groups (broad SMARTS) is 1. The zero-order chi connectivity index (χ0) is 15.8. The molecule has 21 heavy (non-hydrogen) atoms. The maximum atomic E-state index is 12.1. The molecule has 5 nitrogen and oxygen atoms in total. The molecule has 0 spiro atoms. The van der Waals surface area contributed by atoms with E-state index in [0.29, 0.717) is 18.9 Å². The zero-order valence-electron chi connectivity index (χ0n) is 13.3. The zero-order valence-corrected chi connectivity index (χ0v) is 13.3. The molecule has 1 saturated carbocycles. The number of rotatable bonds is 8. The van der Waals surface area contributed by atoms with Crippen LogP contribution in [0, 0.1) is 17.8 Å². The molecular formula is C16H30N2O3. The molecule has 1 rings (SSSR count). The van der Waals surface area contributed by atoms with Crippen LogP contribution in [-0.4, -0.2) is 29.6 Å². The summed E-state index contributed by atoms with van der Waals surface area (Å²) in [6.45, 7) is 4.66. The maximum Gasteiger partial charge on any atom is 0.326 e. The lowest BCUT2D eigenvalue weighted by molar-refractivity contribution is -0.144. The van der Waals surface area contributed by atoms with Crippen molar-refractivity contribution < 1.29 is 14.7 Å². The third kappa shape index (κ3) is 6.46. The summed E-state index contributed by atoms with van der Waals surface area (Å²) < 4.78 is 0. The highest BCUT2D eigenvalue weighted by Crippen LogP contribution is 2.27. The Morgan fingerprint density at radius 2 is 1.86 bits per heavy atom. The van der Waals surface area contributed by atoms with Crippen LogP contribution in [0.1, 0.15) is 58.8 Å². The van der Waals surface area contributed by atoms with Crippen LogP contribution < -0.4 is 11.1 Å². The fraction of sp³-hybridized carbons (Fsp3) is 0.875. The number of hydrogen-bond donors (Lipinski definition) is 3. The SMILES string of the molecule is CC(C)CC(CN)CC(=O)NC(C(=O)O)C1CCCCC1. The van der Waals surface area contributed by atoms with Crippen molar-refractivity contribution in [3.8, 4) is 0 Å². The smallest absolute Gasteiger partial charge is 0.326 e. The number of amides is 1. The number of nitrogens with two attached hydrogens (primary N) is 1. The van der Waals surface area contributed by atoms with Crippen LogP contribution >= 0.6 is 0 Å². The minimum Gasteiger partial charge on any atom is -0.480 e. The van der Waals surface area contributed by atoms with Crippen LogP contribution in [0.25, 0.3) is 0 Å². The average Bonchev–Trinajstić information content (AvgIpc) is 2.44. The van der Waals surface area contributed by atoms with Crippen LogP contribution in [0.15, 0.2) is 0 Å². The first kappa shape index (κ1) is 18.0. The van der Waals surface area contributed by atoms with Gasteiger partial charge in [-0.05, 0) is 43.6 Å². The van der Waals surface area contributed by atoms with Crippen LogP contribution in [0.3, 0.4) is 0 Å². The molecule has 1 aliphatic rings. The maximum absolute atomic E-state index is 12.1. The van der Waals surface area contributed by atoms with E-state index in [4.69, 9.17) is 5.73 Å². The molecule has 0 aromatic rings. The van der Waals surface area contributed by atoms with Gasteiger partial charge < -0.3 is 16.2 Å². The monoisotopic (exact) mass is 298 g/mol. The number of hydrogen-bond acceptors (Lipinski definition) is 3. The Kier molecular flexibility index (Phi) is 7.72. The molecule has 0 aliphatic heterocycles. The summed E-state index contributed by atoms with van der Waals surface area (Å²) in [5.74, 6) is -0.403. The number of aliphatic carboxylic acids is 1. The predicted molar refractivity (Wildman–Crippen MR) is 82.8 cm³/mol. The largest absolute Gasteiger partial charge is 0.480 e. The third-order valence-electron chi connectivity index (χ3n) is 4.32. The highest BCUT2D eigenvalue weighted by atomic mass is 16.4. The van der Waals surface area contributed by atoms with Gasteiger partial charge in [-0.3, -0.25) is 4.79 Å². The lowest BCUT2D eigenvalue weighted by Gasteiger charge is -2.28. The van der Waals surface area contributed by atoms with Crippen molar-refractivity contribution in [1.29, 1.82) is 0 Å². The number of carboxylic acids is 1. The Bertz CT molecular complexity index is 338. The first-order valence-corrected chi connectivity index (χ1v) is 8.16. The van der Waals surface area contributed by atoms with E-state index in [1.807, 2.05) is 0 Å². The molecule has 0 aromatic heterocycles. The first-order valence-electron chi connectivity index (χ1n) is 8.16. The van der Waals surface area contributed by atoms with Gasteiger partial charge in [0.25, 0.3) is 0 Å². The van der Waals surface area contributed by atoms with E-state index in [2.05, 4.69) is 19.2 Å². The normalized spacial score (nSPS) is 19.2. The molecule has 2 unspecified atom stereocenters. The van der Waals surface area contributed by atoms with E-state index in [1.54, 1.807) is 0 Å². The molecule has 0 radical (unpaired) electrons. The van der Waals surface area contributed by atoms with Crippen LogP contribution in [-0.2, 0) is 9.59 Å². The summed E-state index contributed by atoms with van der Waals surface area (Å²) in [5, 5.41) is 12.1. The van der Waals surface area contributed by atoms with Crippen LogP contribution in [0.2, 0.25) is 0 Å². The molecule has 2 atom stereocenters. The quantitative estimate of drug-likeness (QED) is 0.640. The molecule has 0 bridgehead atoms. The molecule has 1 amide bonds. The molecule has 122 valence electrons. The van der Waals surface area contributed by atoms with Gasteiger partial charge in [0.1, 0.15) is 6.04 Å². The lowest BCUT2D eigenvalue weighted by Crippen LogP contribution is -2.47. The number of carbonyl (C=O) groups is 2. The van der Waals surface area contributed by atoms with Gasteiger partial charge in [0, 0.05) is 6.42 Å². The highest BCUT2D eigenvalue weighted by Gasteiger charge is 2.31. The van der Waals surface area contributed by atoms with E-state index in [9.17, 15) is 14.7 Å². The molecular weight excluding hydrogens is 268 g/mol. The number of nitrogens with one attached hydrogen (secondary N) is 1. The standard InChI is InChI=1S/C16H30N2O3/c1-11(2)8-12(10-17)9-14(19)18-15(16(20)21)13-6-4-3-5-7-13/h11-13,15H,3-10,17H2,1-2H3,(H,18,19)(H,20,21). The van der Waals surface area contributed by atoms with Crippen molar-refractivity contribution in [2.75, 3.05) is 6.54 Å². The highest BCUT2D eigenvalue weighted by molar-refractivity contribution is 5.83. The van der Waals surface area contributed by atoms with Gasteiger partial charge in [-0.25, -0.2) is 4.79 Å². The minimum atomic E-state index is -0.914. The molecule has 1 aliphatic carbocycles. The summed E-state index contributed by atoms with van der Waals surface area (Å²) in [5.41, 5.74) is 5.71. The average molecular weight is 298 g/mol. The van der Waals surface area contributed by atoms with Gasteiger partial charge in [0.05, 0.1) is 0 Å². The first-order chi connectivity index (χ1) is 9.93. The number of carbonyl (C=O) groups excluding carboxylic acids is 1. The van der Waals surface area contributed by atoms with E-state index in [0.717, 1.165) is 32.1 Å². The van der Waals surface area contributed by atoms with Gasteiger partial charge in [-0.2, -0.15) is 0 Å². The Morgan fingerprint density at radius 3 is 2.33 bits per heavy atom.